The molecule has 3 fully saturated rings. The van der Waals surface area contributed by atoms with Gasteiger partial charge in [-0.05, 0) is 25.7 Å². The minimum Gasteiger partial charge on any atom is -0.356 e. The van der Waals surface area contributed by atoms with Gasteiger partial charge in [0.25, 0.3) is 0 Å². The average Bonchev–Trinajstić information content (AvgIpc) is 3.03. The number of fused-ring (bicyclic) bond motifs is 1. The van der Waals surface area contributed by atoms with E-state index in [4.69, 9.17) is 0 Å². The van der Waals surface area contributed by atoms with Crippen LogP contribution in [-0.2, 0) is 4.79 Å². The van der Waals surface area contributed by atoms with Gasteiger partial charge in [0, 0.05) is 56.2 Å². The summed E-state index contributed by atoms with van der Waals surface area (Å²) in [5.41, 5.74) is 1.01. The van der Waals surface area contributed by atoms with E-state index < -0.39 is 0 Å². The molecule has 2 unspecified atom stereocenters. The monoisotopic (exact) mass is 286 g/mol. The Hall–Kier alpha value is -1.65. The van der Waals surface area contributed by atoms with Crippen molar-refractivity contribution in [1.29, 1.82) is 0 Å². The van der Waals surface area contributed by atoms with Gasteiger partial charge in [-0.25, -0.2) is 9.97 Å². The van der Waals surface area contributed by atoms with Gasteiger partial charge in [0.2, 0.25) is 5.91 Å². The maximum absolute atomic E-state index is 12.2. The van der Waals surface area contributed by atoms with Crippen molar-refractivity contribution >= 4 is 11.7 Å². The highest BCUT2D eigenvalue weighted by molar-refractivity contribution is 5.77. The third kappa shape index (κ3) is 2.61. The van der Waals surface area contributed by atoms with Gasteiger partial charge in [-0.3, -0.25) is 4.79 Å². The van der Waals surface area contributed by atoms with Crippen LogP contribution in [0.3, 0.4) is 0 Å². The van der Waals surface area contributed by atoms with Gasteiger partial charge in [0.05, 0.1) is 0 Å². The van der Waals surface area contributed by atoms with Crippen molar-refractivity contribution in [2.24, 2.45) is 17.8 Å². The third-order valence-corrected chi connectivity index (χ3v) is 5.11. The maximum atomic E-state index is 12.2. The number of aryl methyl sites for hydroxylation is 1. The van der Waals surface area contributed by atoms with E-state index >= 15 is 0 Å². The molecule has 2 saturated heterocycles. The van der Waals surface area contributed by atoms with Crippen molar-refractivity contribution in [2.45, 2.75) is 26.2 Å². The second-order valence-electron chi connectivity index (χ2n) is 6.89. The highest BCUT2D eigenvalue weighted by Crippen LogP contribution is 2.36. The molecule has 112 valence electrons. The number of carbonyl (C=O) groups excluding carboxylic acids is 1. The van der Waals surface area contributed by atoms with Crippen LogP contribution in [0.1, 0.15) is 25.0 Å². The number of aromatic nitrogens is 2. The standard InChI is InChI=1S/C16H22N4O/c1-11-4-15(18-10-17-11)19-6-13-8-20(9-14(13)7-19)16(21)5-12-2-3-12/h4,10,12-14H,2-3,5-9H2,1H3. The predicted octanol–water partition coefficient (Wildman–Crippen LogP) is 1.48. The second kappa shape index (κ2) is 4.97. The fraction of sp³-hybridized carbons (Fsp3) is 0.688. The van der Waals surface area contributed by atoms with Crippen LogP contribution in [0.25, 0.3) is 0 Å². The first-order chi connectivity index (χ1) is 10.2. The molecule has 4 rings (SSSR count). The molecule has 2 atom stereocenters. The van der Waals surface area contributed by atoms with Crippen LogP contribution < -0.4 is 4.90 Å². The van der Waals surface area contributed by atoms with Crippen LogP contribution >= 0.6 is 0 Å². The van der Waals surface area contributed by atoms with Gasteiger partial charge in [-0.1, -0.05) is 0 Å². The maximum Gasteiger partial charge on any atom is 0.222 e. The van der Waals surface area contributed by atoms with Gasteiger partial charge in [-0.15, -0.1) is 0 Å². The first kappa shape index (κ1) is 13.0. The van der Waals surface area contributed by atoms with Crippen molar-refractivity contribution in [1.82, 2.24) is 14.9 Å². The van der Waals surface area contributed by atoms with E-state index in [0.29, 0.717) is 23.7 Å². The number of likely N-dealkylation sites (tertiary alicyclic amines) is 1. The van der Waals surface area contributed by atoms with Crippen LogP contribution in [0.4, 0.5) is 5.82 Å². The fourth-order valence-corrected chi connectivity index (χ4v) is 3.70. The van der Waals surface area contributed by atoms with Crippen molar-refractivity contribution in [3.63, 3.8) is 0 Å². The summed E-state index contributed by atoms with van der Waals surface area (Å²) in [6.45, 7) is 5.93. The number of hydrogen-bond donors (Lipinski definition) is 0. The molecule has 0 aromatic carbocycles. The van der Waals surface area contributed by atoms with E-state index in [1.165, 1.54) is 12.8 Å². The zero-order valence-electron chi connectivity index (χ0n) is 12.5. The first-order valence-corrected chi connectivity index (χ1v) is 8.00. The van der Waals surface area contributed by atoms with Crippen molar-refractivity contribution < 1.29 is 4.79 Å². The molecule has 0 N–H and O–H groups in total. The van der Waals surface area contributed by atoms with Gasteiger partial charge < -0.3 is 9.80 Å². The van der Waals surface area contributed by atoms with Crippen LogP contribution in [0.5, 0.6) is 0 Å². The minimum atomic E-state index is 0.385. The minimum absolute atomic E-state index is 0.385. The molecule has 1 saturated carbocycles. The Balaban J connectivity index is 1.37. The van der Waals surface area contributed by atoms with E-state index in [-0.39, 0.29) is 0 Å². The molecule has 0 bridgehead atoms. The Morgan fingerprint density at radius 1 is 1.19 bits per heavy atom. The highest BCUT2D eigenvalue weighted by atomic mass is 16.2. The summed E-state index contributed by atoms with van der Waals surface area (Å²) in [5, 5.41) is 0. The number of rotatable bonds is 3. The van der Waals surface area contributed by atoms with Crippen LogP contribution in [-0.4, -0.2) is 47.0 Å². The summed E-state index contributed by atoms with van der Waals surface area (Å²) in [6, 6.07) is 2.05. The molecule has 0 radical (unpaired) electrons. The quantitative estimate of drug-likeness (QED) is 0.844. The number of nitrogens with zero attached hydrogens (tertiary/aromatic N) is 4. The number of hydrogen-bond acceptors (Lipinski definition) is 4. The molecule has 3 aliphatic rings. The lowest BCUT2D eigenvalue weighted by molar-refractivity contribution is -0.130. The summed E-state index contributed by atoms with van der Waals surface area (Å²) >= 11 is 0. The Bertz CT molecular complexity index is 543. The molecular weight excluding hydrogens is 264 g/mol. The lowest BCUT2D eigenvalue weighted by atomic mass is 10.0. The SMILES string of the molecule is Cc1cc(N2CC3CN(C(=O)CC4CC4)CC3C2)ncn1. The summed E-state index contributed by atoms with van der Waals surface area (Å²) in [6.07, 6.45) is 4.94. The molecule has 1 amide bonds. The van der Waals surface area contributed by atoms with Crippen LogP contribution in [0.15, 0.2) is 12.4 Å². The lowest BCUT2D eigenvalue weighted by Gasteiger charge is -2.22. The predicted molar refractivity (Wildman–Crippen MR) is 79.9 cm³/mol. The van der Waals surface area contributed by atoms with Crippen molar-refractivity contribution in [3.05, 3.63) is 18.1 Å². The van der Waals surface area contributed by atoms with Crippen LogP contribution in [0, 0.1) is 24.7 Å². The Morgan fingerprint density at radius 3 is 2.52 bits per heavy atom. The van der Waals surface area contributed by atoms with E-state index in [9.17, 15) is 4.79 Å². The largest absolute Gasteiger partial charge is 0.356 e. The molecule has 1 aliphatic carbocycles. The molecular formula is C16H22N4O. The molecule has 1 aromatic rings. The summed E-state index contributed by atoms with van der Waals surface area (Å²) in [7, 11) is 0. The van der Waals surface area contributed by atoms with E-state index in [2.05, 4.69) is 25.8 Å². The summed E-state index contributed by atoms with van der Waals surface area (Å²) in [5.74, 6) is 3.34. The molecule has 5 nitrogen and oxygen atoms in total. The molecule has 1 aromatic heterocycles. The van der Waals surface area contributed by atoms with Gasteiger partial charge in [0.1, 0.15) is 12.1 Å². The number of anilines is 1. The molecule has 0 spiro atoms. The van der Waals surface area contributed by atoms with Crippen LogP contribution in [0.2, 0.25) is 0 Å². The summed E-state index contributed by atoms with van der Waals surface area (Å²) in [4.78, 5) is 25.2. The molecule has 5 heteroatoms. The Morgan fingerprint density at radius 2 is 1.90 bits per heavy atom. The highest BCUT2D eigenvalue weighted by Gasteiger charge is 2.42. The molecule has 21 heavy (non-hydrogen) atoms. The van der Waals surface area contributed by atoms with Gasteiger partial charge in [-0.2, -0.15) is 0 Å². The zero-order chi connectivity index (χ0) is 14.4. The van der Waals surface area contributed by atoms with Gasteiger partial charge >= 0.3 is 0 Å². The Kier molecular flexibility index (Phi) is 3.08. The molecule has 3 heterocycles. The normalized spacial score (nSPS) is 28.0. The second-order valence-corrected chi connectivity index (χ2v) is 6.89. The zero-order valence-corrected chi connectivity index (χ0v) is 12.5. The van der Waals surface area contributed by atoms with Crippen molar-refractivity contribution in [3.8, 4) is 0 Å². The first-order valence-electron chi connectivity index (χ1n) is 8.00. The van der Waals surface area contributed by atoms with E-state index in [1.807, 2.05) is 6.92 Å². The lowest BCUT2D eigenvalue weighted by Crippen LogP contribution is -2.33. The third-order valence-electron chi connectivity index (χ3n) is 5.11. The Labute approximate surface area is 125 Å². The fourth-order valence-electron chi connectivity index (χ4n) is 3.70. The van der Waals surface area contributed by atoms with E-state index in [1.54, 1.807) is 6.33 Å². The number of amides is 1. The number of carbonyl (C=O) groups is 1. The van der Waals surface area contributed by atoms with E-state index in [0.717, 1.165) is 44.1 Å². The molecule has 2 aliphatic heterocycles. The van der Waals surface area contributed by atoms with Crippen molar-refractivity contribution in [2.75, 3.05) is 31.1 Å². The summed E-state index contributed by atoms with van der Waals surface area (Å²) < 4.78 is 0. The topological polar surface area (TPSA) is 49.3 Å². The van der Waals surface area contributed by atoms with Gasteiger partial charge in [0.15, 0.2) is 0 Å². The average molecular weight is 286 g/mol. The smallest absolute Gasteiger partial charge is 0.222 e.